The summed E-state index contributed by atoms with van der Waals surface area (Å²) >= 11 is 12.0. The van der Waals surface area contributed by atoms with Crippen molar-refractivity contribution in [3.05, 3.63) is 46.7 Å². The van der Waals surface area contributed by atoms with E-state index in [2.05, 4.69) is 19.8 Å². The Labute approximate surface area is 128 Å². The van der Waals surface area contributed by atoms with Crippen LogP contribution in [0.15, 0.2) is 36.7 Å². The van der Waals surface area contributed by atoms with Crippen LogP contribution in [0.25, 0.3) is 0 Å². The van der Waals surface area contributed by atoms with Crippen LogP contribution in [0.3, 0.4) is 0 Å². The summed E-state index contributed by atoms with van der Waals surface area (Å²) in [4.78, 5) is 13.0. The zero-order valence-electron chi connectivity index (χ0n) is 10.8. The molecule has 2 aromatic rings. The van der Waals surface area contributed by atoms with Crippen molar-refractivity contribution >= 4 is 34.8 Å². The van der Waals surface area contributed by atoms with Gasteiger partial charge in [0.25, 0.3) is 0 Å². The lowest BCUT2D eigenvalue weighted by Crippen LogP contribution is -2.47. The molecule has 0 spiro atoms. The van der Waals surface area contributed by atoms with E-state index in [9.17, 15) is 0 Å². The summed E-state index contributed by atoms with van der Waals surface area (Å²) in [7, 11) is 0. The molecule has 0 unspecified atom stereocenters. The summed E-state index contributed by atoms with van der Waals surface area (Å²) < 4.78 is 0. The second-order valence-corrected chi connectivity index (χ2v) is 5.44. The van der Waals surface area contributed by atoms with Crippen molar-refractivity contribution in [1.82, 2.24) is 9.97 Å². The molecule has 0 amide bonds. The Morgan fingerprint density at radius 3 is 2.15 bits per heavy atom. The number of nitrogens with zero attached hydrogens (tertiary/aromatic N) is 4. The Morgan fingerprint density at radius 2 is 1.50 bits per heavy atom. The van der Waals surface area contributed by atoms with Gasteiger partial charge in [0.05, 0.1) is 10.0 Å². The Bertz CT molecular complexity index is 583. The van der Waals surface area contributed by atoms with Crippen molar-refractivity contribution < 1.29 is 0 Å². The van der Waals surface area contributed by atoms with Gasteiger partial charge in [-0.1, -0.05) is 23.2 Å². The van der Waals surface area contributed by atoms with E-state index in [1.807, 2.05) is 24.3 Å². The first-order valence-corrected chi connectivity index (χ1v) is 7.21. The quantitative estimate of drug-likeness (QED) is 0.853. The highest BCUT2D eigenvalue weighted by Gasteiger charge is 2.19. The molecule has 1 saturated heterocycles. The molecule has 1 aromatic heterocycles. The summed E-state index contributed by atoms with van der Waals surface area (Å²) in [6, 6.07) is 7.59. The van der Waals surface area contributed by atoms with Crippen molar-refractivity contribution in [1.29, 1.82) is 0 Å². The molecule has 1 aliphatic rings. The first kappa shape index (κ1) is 13.5. The molecule has 1 aliphatic heterocycles. The smallest absolute Gasteiger partial charge is 0.225 e. The van der Waals surface area contributed by atoms with Crippen LogP contribution in [0.4, 0.5) is 11.6 Å². The molecule has 4 nitrogen and oxygen atoms in total. The average molecular weight is 309 g/mol. The minimum absolute atomic E-state index is 0.590. The van der Waals surface area contributed by atoms with Gasteiger partial charge < -0.3 is 9.80 Å². The number of hydrogen-bond acceptors (Lipinski definition) is 4. The lowest BCUT2D eigenvalue weighted by atomic mass is 10.2. The number of hydrogen-bond donors (Lipinski definition) is 0. The maximum Gasteiger partial charge on any atom is 0.225 e. The maximum absolute atomic E-state index is 6.07. The van der Waals surface area contributed by atoms with Gasteiger partial charge in [-0.2, -0.15) is 0 Å². The fourth-order valence-corrected chi connectivity index (χ4v) is 2.59. The molecule has 104 valence electrons. The standard InChI is InChI=1S/C14H14Cl2N4/c15-12-3-2-11(10-13(12)16)19-6-8-20(9-7-19)14-17-4-1-5-18-14/h1-5,10H,6-9H2. The maximum atomic E-state index is 6.07. The third kappa shape index (κ3) is 2.81. The largest absolute Gasteiger partial charge is 0.368 e. The van der Waals surface area contributed by atoms with Crippen molar-refractivity contribution in [2.24, 2.45) is 0 Å². The molecule has 0 aliphatic carbocycles. The summed E-state index contributed by atoms with van der Waals surface area (Å²) in [6.45, 7) is 3.61. The van der Waals surface area contributed by atoms with Gasteiger partial charge in [0.2, 0.25) is 5.95 Å². The Kier molecular flexibility index (Phi) is 3.94. The molecule has 0 atom stereocenters. The number of piperazine rings is 1. The van der Waals surface area contributed by atoms with Crippen LogP contribution in [0, 0.1) is 0 Å². The molecule has 1 aromatic carbocycles. The van der Waals surface area contributed by atoms with E-state index in [4.69, 9.17) is 23.2 Å². The molecular formula is C14H14Cl2N4. The summed E-state index contributed by atoms with van der Waals surface area (Å²) in [6.07, 6.45) is 3.54. The molecule has 1 fully saturated rings. The predicted molar refractivity (Wildman–Crippen MR) is 82.9 cm³/mol. The summed E-state index contributed by atoms with van der Waals surface area (Å²) in [5.41, 5.74) is 1.10. The van der Waals surface area contributed by atoms with Crippen LogP contribution in [0.1, 0.15) is 0 Å². The monoisotopic (exact) mass is 308 g/mol. The Morgan fingerprint density at radius 1 is 0.850 bits per heavy atom. The minimum Gasteiger partial charge on any atom is -0.368 e. The molecule has 0 radical (unpaired) electrons. The zero-order chi connectivity index (χ0) is 13.9. The highest BCUT2D eigenvalue weighted by molar-refractivity contribution is 6.42. The minimum atomic E-state index is 0.590. The second-order valence-electron chi connectivity index (χ2n) is 4.62. The van der Waals surface area contributed by atoms with Crippen molar-refractivity contribution in [2.45, 2.75) is 0 Å². The second kappa shape index (κ2) is 5.85. The Balaban J connectivity index is 1.68. The molecular weight excluding hydrogens is 295 g/mol. The van der Waals surface area contributed by atoms with Gasteiger partial charge >= 0.3 is 0 Å². The first-order chi connectivity index (χ1) is 9.74. The first-order valence-electron chi connectivity index (χ1n) is 6.46. The highest BCUT2D eigenvalue weighted by Crippen LogP contribution is 2.28. The number of halogens is 2. The van der Waals surface area contributed by atoms with Crippen LogP contribution in [-0.2, 0) is 0 Å². The lowest BCUT2D eigenvalue weighted by molar-refractivity contribution is 0.640. The van der Waals surface area contributed by atoms with Crippen LogP contribution in [0.5, 0.6) is 0 Å². The molecule has 0 bridgehead atoms. The molecule has 3 rings (SSSR count). The number of rotatable bonds is 2. The topological polar surface area (TPSA) is 32.3 Å². The van der Waals surface area contributed by atoms with E-state index in [1.54, 1.807) is 12.4 Å². The van der Waals surface area contributed by atoms with E-state index in [1.165, 1.54) is 0 Å². The fraction of sp³-hybridized carbons (Fsp3) is 0.286. The van der Waals surface area contributed by atoms with Gasteiger partial charge in [0.15, 0.2) is 0 Å². The van der Waals surface area contributed by atoms with Gasteiger partial charge in [-0.25, -0.2) is 9.97 Å². The SMILES string of the molecule is Clc1ccc(N2CCN(c3ncccn3)CC2)cc1Cl. The molecule has 0 saturated carbocycles. The number of aromatic nitrogens is 2. The zero-order valence-corrected chi connectivity index (χ0v) is 12.3. The average Bonchev–Trinajstić information content (AvgIpc) is 2.51. The molecule has 20 heavy (non-hydrogen) atoms. The Hall–Kier alpha value is -1.52. The van der Waals surface area contributed by atoms with Gasteiger partial charge in [-0.3, -0.25) is 0 Å². The van der Waals surface area contributed by atoms with Crippen LogP contribution in [-0.4, -0.2) is 36.1 Å². The number of anilines is 2. The predicted octanol–water partition coefficient (Wildman–Crippen LogP) is 3.11. The van der Waals surface area contributed by atoms with Gasteiger partial charge in [0.1, 0.15) is 0 Å². The fourth-order valence-electron chi connectivity index (χ4n) is 2.30. The van der Waals surface area contributed by atoms with E-state index in [-0.39, 0.29) is 0 Å². The van der Waals surface area contributed by atoms with Crippen LogP contribution < -0.4 is 9.80 Å². The van der Waals surface area contributed by atoms with Crippen LogP contribution in [0.2, 0.25) is 10.0 Å². The van der Waals surface area contributed by atoms with Gasteiger partial charge in [0, 0.05) is 44.3 Å². The molecule has 2 heterocycles. The van der Waals surface area contributed by atoms with Crippen molar-refractivity contribution in [3.8, 4) is 0 Å². The molecule has 6 heteroatoms. The molecule has 0 N–H and O–H groups in total. The summed E-state index contributed by atoms with van der Waals surface area (Å²) in [5, 5.41) is 1.18. The van der Waals surface area contributed by atoms with E-state index in [0.717, 1.165) is 37.8 Å². The van der Waals surface area contributed by atoms with E-state index in [0.29, 0.717) is 10.0 Å². The van der Waals surface area contributed by atoms with Gasteiger partial charge in [-0.05, 0) is 24.3 Å². The van der Waals surface area contributed by atoms with Crippen LogP contribution >= 0.6 is 23.2 Å². The number of benzene rings is 1. The van der Waals surface area contributed by atoms with E-state index >= 15 is 0 Å². The van der Waals surface area contributed by atoms with E-state index < -0.39 is 0 Å². The highest BCUT2D eigenvalue weighted by atomic mass is 35.5. The third-order valence-electron chi connectivity index (χ3n) is 3.38. The normalized spacial score (nSPS) is 15.5. The van der Waals surface area contributed by atoms with Gasteiger partial charge in [-0.15, -0.1) is 0 Å². The van der Waals surface area contributed by atoms with Crippen molar-refractivity contribution in [3.63, 3.8) is 0 Å². The third-order valence-corrected chi connectivity index (χ3v) is 4.12. The summed E-state index contributed by atoms with van der Waals surface area (Å²) in [5.74, 6) is 0.793. The lowest BCUT2D eigenvalue weighted by Gasteiger charge is -2.36. The van der Waals surface area contributed by atoms with Crippen molar-refractivity contribution in [2.75, 3.05) is 36.0 Å².